The van der Waals surface area contributed by atoms with Crippen molar-refractivity contribution in [3.63, 3.8) is 0 Å². The number of carbonyl (C=O) groups is 2. The summed E-state index contributed by atoms with van der Waals surface area (Å²) >= 11 is 1.60. The molecule has 0 radical (unpaired) electrons. The average molecular weight is 493 g/mol. The van der Waals surface area contributed by atoms with E-state index in [9.17, 15) is 9.59 Å². The van der Waals surface area contributed by atoms with Gasteiger partial charge in [0.25, 0.3) is 0 Å². The number of piperazine rings is 1. The molecule has 7 heteroatoms. The molecule has 5 aliphatic rings. The molecule has 3 heterocycles. The van der Waals surface area contributed by atoms with E-state index in [-0.39, 0.29) is 23.7 Å². The SMILES string of the molecule is O=C1[C@@H]2[C@H]3CC[C@@H](C3)[C@@H]2C(=O)N1C[C@H]1CCCC[C@H]1CN1CCN(c2nsc3ccccc23)CC1. The molecule has 2 saturated heterocycles. The summed E-state index contributed by atoms with van der Waals surface area (Å²) in [5, 5.41) is 1.27. The molecule has 0 N–H and O–H groups in total. The van der Waals surface area contributed by atoms with E-state index in [1.807, 2.05) is 0 Å². The van der Waals surface area contributed by atoms with Crippen molar-refractivity contribution in [2.75, 3.05) is 44.2 Å². The van der Waals surface area contributed by atoms with Crippen molar-refractivity contribution in [2.45, 2.75) is 44.9 Å². The van der Waals surface area contributed by atoms with Crippen molar-refractivity contribution >= 4 is 39.3 Å². The Morgan fingerprint density at radius 3 is 2.20 bits per heavy atom. The molecular formula is C28H36N4O2S. The average Bonchev–Trinajstić information content (AvgIpc) is 3.66. The summed E-state index contributed by atoms with van der Waals surface area (Å²) < 4.78 is 6.02. The van der Waals surface area contributed by atoms with Crippen LogP contribution in [0.25, 0.3) is 10.1 Å². The molecule has 0 spiro atoms. The van der Waals surface area contributed by atoms with Crippen LogP contribution in [0.5, 0.6) is 0 Å². The predicted octanol–water partition coefficient (Wildman–Crippen LogP) is 4.26. The molecule has 7 rings (SSSR count). The molecule has 2 bridgehead atoms. The van der Waals surface area contributed by atoms with E-state index in [1.54, 1.807) is 16.4 Å². The molecule has 2 aromatic rings. The van der Waals surface area contributed by atoms with E-state index < -0.39 is 0 Å². The lowest BCUT2D eigenvalue weighted by atomic mass is 9.78. The predicted molar refractivity (Wildman–Crippen MR) is 138 cm³/mol. The van der Waals surface area contributed by atoms with Gasteiger partial charge in [0.2, 0.25) is 11.8 Å². The minimum Gasteiger partial charge on any atom is -0.353 e. The third-order valence-electron chi connectivity index (χ3n) is 10.0. The van der Waals surface area contributed by atoms with Crippen LogP contribution < -0.4 is 4.90 Å². The van der Waals surface area contributed by atoms with Gasteiger partial charge in [0.15, 0.2) is 0 Å². The number of amides is 2. The second-order valence-electron chi connectivity index (χ2n) is 11.8. The lowest BCUT2D eigenvalue weighted by Crippen LogP contribution is -2.49. The Morgan fingerprint density at radius 2 is 1.49 bits per heavy atom. The Balaban J connectivity index is 0.986. The van der Waals surface area contributed by atoms with E-state index >= 15 is 0 Å². The second-order valence-corrected chi connectivity index (χ2v) is 12.6. The summed E-state index contributed by atoms with van der Waals surface area (Å²) in [7, 11) is 0. The largest absolute Gasteiger partial charge is 0.353 e. The first-order chi connectivity index (χ1) is 17.2. The van der Waals surface area contributed by atoms with Gasteiger partial charge in [-0.1, -0.05) is 25.0 Å². The lowest BCUT2D eigenvalue weighted by molar-refractivity contribution is -0.142. The number of nitrogens with zero attached hydrogens (tertiary/aromatic N) is 4. The highest BCUT2D eigenvalue weighted by atomic mass is 32.1. The Labute approximate surface area is 211 Å². The molecule has 1 aromatic heterocycles. The minimum absolute atomic E-state index is 0.0261. The molecule has 6 nitrogen and oxygen atoms in total. The van der Waals surface area contributed by atoms with Gasteiger partial charge in [-0.2, -0.15) is 4.37 Å². The zero-order valence-corrected chi connectivity index (χ0v) is 21.3. The van der Waals surface area contributed by atoms with Crippen LogP contribution in [0.3, 0.4) is 0 Å². The van der Waals surface area contributed by atoms with Gasteiger partial charge in [0.05, 0.1) is 16.5 Å². The van der Waals surface area contributed by atoms with Crippen LogP contribution in [0, 0.1) is 35.5 Å². The number of anilines is 1. The Bertz CT molecular complexity index is 1100. The van der Waals surface area contributed by atoms with Crippen LogP contribution in [0.1, 0.15) is 44.9 Å². The van der Waals surface area contributed by atoms with Gasteiger partial charge in [-0.3, -0.25) is 19.4 Å². The highest BCUT2D eigenvalue weighted by Crippen LogP contribution is 2.56. The lowest BCUT2D eigenvalue weighted by Gasteiger charge is -2.40. The Kier molecular flexibility index (Phi) is 5.61. The fourth-order valence-electron chi connectivity index (χ4n) is 8.22. The van der Waals surface area contributed by atoms with E-state index in [2.05, 4.69) is 34.1 Å². The number of carbonyl (C=O) groups excluding carboxylic acids is 2. The van der Waals surface area contributed by atoms with Crippen LogP contribution in [0.4, 0.5) is 5.82 Å². The van der Waals surface area contributed by atoms with Crippen LogP contribution in [-0.2, 0) is 9.59 Å². The molecule has 1 aromatic carbocycles. The highest BCUT2D eigenvalue weighted by Gasteiger charge is 2.61. The topological polar surface area (TPSA) is 56.8 Å². The number of benzene rings is 1. The van der Waals surface area contributed by atoms with Gasteiger partial charge in [-0.15, -0.1) is 0 Å². The maximum Gasteiger partial charge on any atom is 0.233 e. The smallest absolute Gasteiger partial charge is 0.233 e. The van der Waals surface area contributed by atoms with Gasteiger partial charge in [0.1, 0.15) is 5.82 Å². The second kappa shape index (κ2) is 8.84. The van der Waals surface area contributed by atoms with E-state index in [0.29, 0.717) is 30.2 Å². The first-order valence-electron chi connectivity index (χ1n) is 13.8. The van der Waals surface area contributed by atoms with Gasteiger partial charge in [-0.25, -0.2) is 0 Å². The molecule has 2 amide bonds. The number of rotatable bonds is 5. The Morgan fingerprint density at radius 1 is 0.829 bits per heavy atom. The molecule has 2 aliphatic heterocycles. The first-order valence-corrected chi connectivity index (χ1v) is 14.6. The number of imide groups is 1. The summed E-state index contributed by atoms with van der Waals surface area (Å²) in [4.78, 5) is 33.4. The number of fused-ring (bicyclic) bond motifs is 6. The maximum atomic E-state index is 13.3. The minimum atomic E-state index is 0.0261. The summed E-state index contributed by atoms with van der Waals surface area (Å²) in [6.45, 7) is 5.93. The first kappa shape index (κ1) is 22.2. The summed E-state index contributed by atoms with van der Waals surface area (Å²) in [6, 6.07) is 8.54. The Hall–Kier alpha value is -1.99. The molecular weight excluding hydrogens is 456 g/mol. The highest BCUT2D eigenvalue weighted by molar-refractivity contribution is 7.13. The monoisotopic (exact) mass is 492 g/mol. The van der Waals surface area contributed by atoms with Crippen molar-refractivity contribution in [3.8, 4) is 0 Å². The summed E-state index contributed by atoms with van der Waals surface area (Å²) in [5.41, 5.74) is 0. The van der Waals surface area contributed by atoms with Crippen molar-refractivity contribution in [3.05, 3.63) is 24.3 Å². The quantitative estimate of drug-likeness (QED) is 0.584. The van der Waals surface area contributed by atoms with Crippen LogP contribution in [0.15, 0.2) is 24.3 Å². The molecule has 186 valence electrons. The normalized spacial score (nSPS) is 35.4. The fourth-order valence-corrected chi connectivity index (χ4v) is 9.02. The number of hydrogen-bond donors (Lipinski definition) is 0. The van der Waals surface area contributed by atoms with Gasteiger partial charge >= 0.3 is 0 Å². The van der Waals surface area contributed by atoms with Crippen molar-refractivity contribution < 1.29 is 9.59 Å². The van der Waals surface area contributed by atoms with Crippen molar-refractivity contribution in [1.82, 2.24) is 14.2 Å². The van der Waals surface area contributed by atoms with Crippen molar-refractivity contribution in [2.24, 2.45) is 35.5 Å². The number of aromatic nitrogens is 1. The maximum absolute atomic E-state index is 13.3. The zero-order chi connectivity index (χ0) is 23.5. The van der Waals surface area contributed by atoms with Crippen molar-refractivity contribution in [1.29, 1.82) is 0 Å². The van der Waals surface area contributed by atoms with Crippen LogP contribution in [-0.4, -0.2) is 65.3 Å². The zero-order valence-electron chi connectivity index (χ0n) is 20.5. The summed E-state index contributed by atoms with van der Waals surface area (Å²) in [5.74, 6) is 3.59. The van der Waals surface area contributed by atoms with Gasteiger partial charge < -0.3 is 4.90 Å². The number of hydrogen-bond acceptors (Lipinski definition) is 6. The summed E-state index contributed by atoms with van der Waals surface area (Å²) in [6.07, 6.45) is 8.35. The van der Waals surface area contributed by atoms with E-state index in [0.717, 1.165) is 64.2 Å². The van der Waals surface area contributed by atoms with E-state index in [1.165, 1.54) is 29.3 Å². The van der Waals surface area contributed by atoms with E-state index in [4.69, 9.17) is 4.37 Å². The van der Waals surface area contributed by atoms with Gasteiger partial charge in [0, 0.05) is 44.7 Å². The molecule has 5 fully saturated rings. The van der Waals surface area contributed by atoms with Crippen LogP contribution >= 0.6 is 11.5 Å². The molecule has 0 unspecified atom stereocenters. The third kappa shape index (κ3) is 3.72. The fraction of sp³-hybridized carbons (Fsp3) is 0.679. The number of likely N-dealkylation sites (tertiary alicyclic amines) is 1. The molecule has 35 heavy (non-hydrogen) atoms. The van der Waals surface area contributed by atoms with Gasteiger partial charge in [-0.05, 0) is 79.4 Å². The molecule has 3 aliphatic carbocycles. The van der Waals surface area contributed by atoms with Crippen LogP contribution in [0.2, 0.25) is 0 Å². The third-order valence-corrected chi connectivity index (χ3v) is 10.8. The molecule has 6 atom stereocenters. The standard InChI is InChI=1S/C28H36N4O2S/c33-27-24-18-9-10-19(15-18)25(24)28(34)32(27)17-21-6-2-1-5-20(21)16-30-11-13-31(14-12-30)26-22-7-3-4-8-23(22)35-29-26/h3-4,7-8,18-21,24-25H,1-2,5-6,9-17H2/t18-,19-,20-,21+,24-,25+/m0/s1. The molecule has 3 saturated carbocycles.